The van der Waals surface area contributed by atoms with Gasteiger partial charge in [0.15, 0.2) is 0 Å². The highest BCUT2D eigenvalue weighted by Crippen LogP contribution is 2.19. The van der Waals surface area contributed by atoms with Crippen LogP contribution in [0.1, 0.15) is 23.7 Å². The highest BCUT2D eigenvalue weighted by molar-refractivity contribution is 6.03. The lowest BCUT2D eigenvalue weighted by Crippen LogP contribution is -2.02. The number of benzene rings is 1. The Labute approximate surface area is 93.8 Å². The molecule has 0 aliphatic heterocycles. The van der Waals surface area contributed by atoms with Gasteiger partial charge in [0.25, 0.3) is 0 Å². The Bertz CT molecular complexity index is 517. The largest absolute Gasteiger partial charge is 0.465 e. The van der Waals surface area contributed by atoms with Gasteiger partial charge in [-0.1, -0.05) is 13.0 Å². The van der Waals surface area contributed by atoms with Gasteiger partial charge in [0, 0.05) is 11.9 Å². The van der Waals surface area contributed by atoms with Gasteiger partial charge in [0.05, 0.1) is 24.4 Å². The summed E-state index contributed by atoms with van der Waals surface area (Å²) in [4.78, 5) is 11.5. The van der Waals surface area contributed by atoms with Gasteiger partial charge >= 0.3 is 5.97 Å². The van der Waals surface area contributed by atoms with Crippen LogP contribution in [0.3, 0.4) is 0 Å². The summed E-state index contributed by atoms with van der Waals surface area (Å²) in [6, 6.07) is 5.57. The van der Waals surface area contributed by atoms with Crippen LogP contribution in [-0.4, -0.2) is 22.9 Å². The first-order chi connectivity index (χ1) is 7.77. The van der Waals surface area contributed by atoms with Crippen molar-refractivity contribution >= 4 is 16.9 Å². The van der Waals surface area contributed by atoms with E-state index in [-0.39, 0.29) is 5.97 Å². The maximum atomic E-state index is 11.5. The summed E-state index contributed by atoms with van der Waals surface area (Å²) in [5, 5.41) is 5.12. The van der Waals surface area contributed by atoms with Crippen molar-refractivity contribution in [2.45, 2.75) is 19.9 Å². The lowest BCUT2D eigenvalue weighted by atomic mass is 10.1. The van der Waals surface area contributed by atoms with E-state index >= 15 is 0 Å². The highest BCUT2D eigenvalue weighted by Gasteiger charge is 2.12. The molecule has 0 radical (unpaired) electrons. The van der Waals surface area contributed by atoms with Crippen molar-refractivity contribution in [1.82, 2.24) is 9.78 Å². The van der Waals surface area contributed by atoms with Crippen LogP contribution in [0.5, 0.6) is 0 Å². The minimum absolute atomic E-state index is 0.318. The molecule has 4 nitrogen and oxygen atoms in total. The van der Waals surface area contributed by atoms with E-state index in [1.807, 2.05) is 16.8 Å². The van der Waals surface area contributed by atoms with E-state index < -0.39 is 0 Å². The standard InChI is InChI=1S/C12H14N2O2/c1-3-7-14-11-6-4-5-9(12(15)16-2)10(11)8-13-14/h4-6,8H,3,7H2,1-2H3. The highest BCUT2D eigenvalue weighted by atomic mass is 16.5. The number of aryl methyl sites for hydroxylation is 1. The molecule has 0 spiro atoms. The topological polar surface area (TPSA) is 44.1 Å². The number of hydrogen-bond acceptors (Lipinski definition) is 3. The molecular formula is C12H14N2O2. The molecule has 0 N–H and O–H groups in total. The third-order valence-corrected chi connectivity index (χ3v) is 2.53. The van der Waals surface area contributed by atoms with Crippen LogP contribution in [0, 0.1) is 0 Å². The number of methoxy groups -OCH3 is 1. The minimum Gasteiger partial charge on any atom is -0.465 e. The third-order valence-electron chi connectivity index (χ3n) is 2.53. The van der Waals surface area contributed by atoms with Crippen molar-refractivity contribution in [3.63, 3.8) is 0 Å². The Morgan fingerprint density at radius 2 is 2.31 bits per heavy atom. The molecule has 1 heterocycles. The normalized spacial score (nSPS) is 10.6. The van der Waals surface area contributed by atoms with E-state index in [0.29, 0.717) is 5.56 Å². The molecule has 0 bridgehead atoms. The van der Waals surface area contributed by atoms with E-state index in [0.717, 1.165) is 23.9 Å². The summed E-state index contributed by atoms with van der Waals surface area (Å²) in [7, 11) is 1.39. The van der Waals surface area contributed by atoms with E-state index in [2.05, 4.69) is 12.0 Å². The second kappa shape index (κ2) is 4.35. The molecule has 0 aliphatic carbocycles. The van der Waals surface area contributed by atoms with Crippen molar-refractivity contribution in [2.24, 2.45) is 0 Å². The Balaban J connectivity index is 2.57. The smallest absolute Gasteiger partial charge is 0.338 e. The first kappa shape index (κ1) is 10.7. The summed E-state index contributed by atoms with van der Waals surface area (Å²) < 4.78 is 6.64. The number of rotatable bonds is 3. The fourth-order valence-electron chi connectivity index (χ4n) is 1.78. The van der Waals surface area contributed by atoms with Crippen molar-refractivity contribution < 1.29 is 9.53 Å². The molecule has 0 amide bonds. The third kappa shape index (κ3) is 1.66. The zero-order chi connectivity index (χ0) is 11.5. The van der Waals surface area contributed by atoms with Crippen LogP contribution in [0.4, 0.5) is 0 Å². The van der Waals surface area contributed by atoms with Gasteiger partial charge in [-0.25, -0.2) is 4.79 Å². The Morgan fingerprint density at radius 1 is 1.50 bits per heavy atom. The summed E-state index contributed by atoms with van der Waals surface area (Å²) in [5.74, 6) is -0.318. The zero-order valence-electron chi connectivity index (χ0n) is 9.43. The van der Waals surface area contributed by atoms with Crippen molar-refractivity contribution in [3.05, 3.63) is 30.0 Å². The van der Waals surface area contributed by atoms with Gasteiger partial charge in [-0.2, -0.15) is 5.10 Å². The lowest BCUT2D eigenvalue weighted by molar-refractivity contribution is 0.0603. The predicted octanol–water partition coefficient (Wildman–Crippen LogP) is 2.23. The molecule has 0 atom stereocenters. The zero-order valence-corrected chi connectivity index (χ0v) is 9.43. The number of ether oxygens (including phenoxy) is 1. The Hall–Kier alpha value is -1.84. The maximum Gasteiger partial charge on any atom is 0.338 e. The van der Waals surface area contributed by atoms with Gasteiger partial charge in [-0.15, -0.1) is 0 Å². The molecule has 2 rings (SSSR count). The number of esters is 1. The van der Waals surface area contributed by atoms with Gasteiger partial charge in [0.1, 0.15) is 0 Å². The first-order valence-corrected chi connectivity index (χ1v) is 5.30. The van der Waals surface area contributed by atoms with E-state index in [1.165, 1.54) is 7.11 Å². The summed E-state index contributed by atoms with van der Waals surface area (Å²) >= 11 is 0. The van der Waals surface area contributed by atoms with Crippen LogP contribution in [0.15, 0.2) is 24.4 Å². The number of carbonyl (C=O) groups is 1. The van der Waals surface area contributed by atoms with Gasteiger partial charge in [0.2, 0.25) is 0 Å². The van der Waals surface area contributed by atoms with Crippen LogP contribution in [0.25, 0.3) is 10.9 Å². The number of aromatic nitrogens is 2. The van der Waals surface area contributed by atoms with Crippen LogP contribution in [-0.2, 0) is 11.3 Å². The quantitative estimate of drug-likeness (QED) is 0.742. The average Bonchev–Trinajstić information content (AvgIpc) is 2.72. The first-order valence-electron chi connectivity index (χ1n) is 5.30. The van der Waals surface area contributed by atoms with Crippen LogP contribution in [0.2, 0.25) is 0 Å². The number of hydrogen-bond donors (Lipinski definition) is 0. The molecule has 0 saturated carbocycles. The number of fused-ring (bicyclic) bond motifs is 1. The summed E-state index contributed by atoms with van der Waals surface area (Å²) in [6.07, 6.45) is 2.73. The second-order valence-corrected chi connectivity index (χ2v) is 3.60. The predicted molar refractivity (Wildman–Crippen MR) is 61.4 cm³/mol. The second-order valence-electron chi connectivity index (χ2n) is 3.60. The molecule has 1 aromatic carbocycles. The van der Waals surface area contributed by atoms with Gasteiger partial charge in [-0.05, 0) is 18.6 Å². The molecule has 2 aromatic rings. The average molecular weight is 218 g/mol. The van der Waals surface area contributed by atoms with E-state index in [4.69, 9.17) is 4.74 Å². The molecule has 1 aromatic heterocycles. The minimum atomic E-state index is -0.318. The fourth-order valence-corrected chi connectivity index (χ4v) is 1.78. The molecule has 4 heteroatoms. The molecule has 16 heavy (non-hydrogen) atoms. The van der Waals surface area contributed by atoms with E-state index in [1.54, 1.807) is 12.3 Å². The summed E-state index contributed by atoms with van der Waals surface area (Å²) in [6.45, 7) is 2.95. The summed E-state index contributed by atoms with van der Waals surface area (Å²) in [5.41, 5.74) is 1.55. The van der Waals surface area contributed by atoms with Crippen LogP contribution < -0.4 is 0 Å². The van der Waals surface area contributed by atoms with Crippen molar-refractivity contribution in [3.8, 4) is 0 Å². The Kier molecular flexibility index (Phi) is 2.90. The molecule has 0 fully saturated rings. The lowest BCUT2D eigenvalue weighted by Gasteiger charge is -2.02. The molecule has 0 saturated heterocycles. The molecule has 0 aliphatic rings. The number of carbonyl (C=O) groups excluding carboxylic acids is 1. The Morgan fingerprint density at radius 3 is 3.00 bits per heavy atom. The van der Waals surface area contributed by atoms with Crippen LogP contribution >= 0.6 is 0 Å². The van der Waals surface area contributed by atoms with E-state index in [9.17, 15) is 4.79 Å². The monoisotopic (exact) mass is 218 g/mol. The number of nitrogens with zero attached hydrogens (tertiary/aromatic N) is 2. The molecule has 0 unspecified atom stereocenters. The molecule has 84 valence electrons. The van der Waals surface area contributed by atoms with Gasteiger partial charge in [-0.3, -0.25) is 4.68 Å². The SMILES string of the molecule is CCCn1ncc2c(C(=O)OC)cccc21. The fraction of sp³-hybridized carbons (Fsp3) is 0.333. The molecular weight excluding hydrogens is 204 g/mol. The maximum absolute atomic E-state index is 11.5. The van der Waals surface area contributed by atoms with Crippen molar-refractivity contribution in [1.29, 1.82) is 0 Å². The van der Waals surface area contributed by atoms with Gasteiger partial charge < -0.3 is 4.74 Å². The van der Waals surface area contributed by atoms with Crippen molar-refractivity contribution in [2.75, 3.05) is 7.11 Å².